The molecule has 0 radical (unpaired) electrons. The van der Waals surface area contributed by atoms with Crippen molar-refractivity contribution in [2.24, 2.45) is 5.41 Å². The zero-order chi connectivity index (χ0) is 16.6. The van der Waals surface area contributed by atoms with E-state index < -0.39 is 0 Å². The molecule has 0 N–H and O–H groups in total. The first-order valence-corrected chi connectivity index (χ1v) is 8.97. The average molecular weight is 434 g/mol. The van der Waals surface area contributed by atoms with E-state index in [1.54, 1.807) is 12.2 Å². The molecule has 0 bridgehead atoms. The van der Waals surface area contributed by atoms with Crippen molar-refractivity contribution < 1.29 is 14.3 Å². The highest BCUT2D eigenvalue weighted by Crippen LogP contribution is 2.66. The summed E-state index contributed by atoms with van der Waals surface area (Å²) in [7, 11) is 1.39. The average Bonchev–Trinajstić information content (AvgIpc) is 3.05. The summed E-state index contributed by atoms with van der Waals surface area (Å²) in [4.78, 5) is 11.9. The molecular weight excluding hydrogens is 412 g/mol. The lowest BCUT2D eigenvalue weighted by Gasteiger charge is -2.36. The maximum absolute atomic E-state index is 11.9. The van der Waals surface area contributed by atoms with Gasteiger partial charge >= 0.3 is 5.97 Å². The number of fused-ring (bicyclic) bond motifs is 1. The lowest BCUT2D eigenvalue weighted by Crippen LogP contribution is -2.41. The summed E-state index contributed by atoms with van der Waals surface area (Å²) in [5, 5.41) is 0. The molecule has 2 aliphatic rings. The van der Waals surface area contributed by atoms with Crippen molar-refractivity contribution in [1.29, 1.82) is 0 Å². The van der Waals surface area contributed by atoms with E-state index in [2.05, 4.69) is 52.6 Å². The lowest BCUT2D eigenvalue weighted by atomic mass is 9.64. The second-order valence-corrected chi connectivity index (χ2v) is 9.48. The largest absolute Gasteiger partial charge is 0.465 e. The zero-order valence-electron chi connectivity index (χ0n) is 13.4. The summed E-state index contributed by atoms with van der Waals surface area (Å²) in [5.41, 5.74) is 0.148. The standard InChI is InChI=1S/C17H22Br2O3/c1-15(2)9-5-10-16(3)17(15,22-16)11-8-12(14(20)21-4)6-7-13(18)19/h6-8,11H,5,9-10H2,1-4H3/b11-8+,12-6-/t16-,17+/m1/s1. The fourth-order valence-corrected chi connectivity index (χ4v) is 3.84. The summed E-state index contributed by atoms with van der Waals surface area (Å²) in [5.74, 6) is -0.360. The van der Waals surface area contributed by atoms with Crippen LogP contribution >= 0.6 is 31.9 Å². The van der Waals surface area contributed by atoms with Gasteiger partial charge in [-0.2, -0.15) is 0 Å². The molecule has 1 saturated carbocycles. The molecule has 22 heavy (non-hydrogen) atoms. The molecule has 5 heteroatoms. The quantitative estimate of drug-likeness (QED) is 0.270. The summed E-state index contributed by atoms with van der Waals surface area (Å²) in [6, 6.07) is 0. The van der Waals surface area contributed by atoms with Crippen LogP contribution in [0.25, 0.3) is 0 Å². The van der Waals surface area contributed by atoms with Crippen LogP contribution in [0.15, 0.2) is 33.3 Å². The normalized spacial score (nSPS) is 33.3. The van der Waals surface area contributed by atoms with E-state index in [-0.39, 0.29) is 22.6 Å². The highest BCUT2D eigenvalue weighted by Gasteiger charge is 2.73. The van der Waals surface area contributed by atoms with Gasteiger partial charge in [0.05, 0.1) is 21.7 Å². The van der Waals surface area contributed by atoms with Gasteiger partial charge in [0.15, 0.2) is 0 Å². The van der Waals surface area contributed by atoms with Crippen molar-refractivity contribution in [2.75, 3.05) is 7.11 Å². The van der Waals surface area contributed by atoms with Crippen molar-refractivity contribution >= 4 is 37.8 Å². The molecule has 1 saturated heterocycles. The van der Waals surface area contributed by atoms with E-state index in [4.69, 9.17) is 9.47 Å². The third kappa shape index (κ3) is 3.13. The molecule has 1 aliphatic carbocycles. The minimum Gasteiger partial charge on any atom is -0.465 e. The SMILES string of the molecule is COC(=O)C(=C\C=C(Br)Br)/C=C/[C@@]12O[C@]1(C)CCCC2(C)C. The molecule has 0 amide bonds. The van der Waals surface area contributed by atoms with Crippen LogP contribution in [-0.4, -0.2) is 24.3 Å². The number of carbonyl (C=O) groups excluding carboxylic acids is 1. The van der Waals surface area contributed by atoms with Gasteiger partial charge in [-0.1, -0.05) is 13.8 Å². The fraction of sp³-hybridized carbons (Fsp3) is 0.588. The predicted octanol–water partition coefficient (Wildman–Crippen LogP) is 5.01. The first kappa shape index (κ1) is 18.0. The molecule has 0 aromatic rings. The number of rotatable bonds is 4. The van der Waals surface area contributed by atoms with Gasteiger partial charge < -0.3 is 9.47 Å². The molecule has 0 unspecified atom stereocenters. The molecule has 2 fully saturated rings. The van der Waals surface area contributed by atoms with Crippen molar-refractivity contribution in [3.63, 3.8) is 0 Å². The molecule has 3 nitrogen and oxygen atoms in total. The fourth-order valence-electron chi connectivity index (χ4n) is 3.58. The van der Waals surface area contributed by atoms with E-state index in [1.165, 1.54) is 13.5 Å². The predicted molar refractivity (Wildman–Crippen MR) is 95.0 cm³/mol. The zero-order valence-corrected chi connectivity index (χ0v) is 16.6. The van der Waals surface area contributed by atoms with Crippen molar-refractivity contribution in [2.45, 2.75) is 51.2 Å². The molecule has 1 aliphatic heterocycles. The summed E-state index contributed by atoms with van der Waals surface area (Å²) in [6.07, 6.45) is 10.7. The second kappa shape index (κ2) is 6.25. The van der Waals surface area contributed by atoms with Gasteiger partial charge in [0.1, 0.15) is 5.60 Å². The van der Waals surface area contributed by atoms with Crippen LogP contribution in [0.4, 0.5) is 0 Å². The van der Waals surface area contributed by atoms with Gasteiger partial charge in [-0.15, -0.1) is 0 Å². The van der Waals surface area contributed by atoms with Gasteiger partial charge in [-0.05, 0) is 82.4 Å². The van der Waals surface area contributed by atoms with Crippen LogP contribution in [0.1, 0.15) is 40.0 Å². The Morgan fingerprint density at radius 3 is 2.41 bits per heavy atom. The third-order valence-electron chi connectivity index (χ3n) is 4.90. The molecule has 0 aromatic carbocycles. The van der Waals surface area contributed by atoms with Crippen molar-refractivity contribution in [3.05, 3.63) is 33.3 Å². The van der Waals surface area contributed by atoms with Crippen LogP contribution in [0, 0.1) is 5.41 Å². The van der Waals surface area contributed by atoms with Crippen LogP contribution in [0.3, 0.4) is 0 Å². The van der Waals surface area contributed by atoms with Gasteiger partial charge in [-0.25, -0.2) is 4.79 Å². The van der Waals surface area contributed by atoms with Gasteiger partial charge in [0.25, 0.3) is 0 Å². The number of carbonyl (C=O) groups is 1. The third-order valence-corrected chi connectivity index (χ3v) is 5.43. The minimum atomic E-state index is -0.360. The Hall–Kier alpha value is -0.390. The summed E-state index contributed by atoms with van der Waals surface area (Å²) in [6.45, 7) is 6.63. The monoisotopic (exact) mass is 432 g/mol. The minimum absolute atomic E-state index is 0.0591. The topological polar surface area (TPSA) is 38.8 Å². The van der Waals surface area contributed by atoms with E-state index in [0.29, 0.717) is 5.57 Å². The maximum atomic E-state index is 11.9. The number of methoxy groups -OCH3 is 1. The van der Waals surface area contributed by atoms with E-state index in [1.807, 2.05) is 12.2 Å². The van der Waals surface area contributed by atoms with E-state index >= 15 is 0 Å². The summed E-state index contributed by atoms with van der Waals surface area (Å²) >= 11 is 6.56. The maximum Gasteiger partial charge on any atom is 0.337 e. The summed E-state index contributed by atoms with van der Waals surface area (Å²) < 4.78 is 11.8. The van der Waals surface area contributed by atoms with Gasteiger partial charge in [0, 0.05) is 5.41 Å². The highest BCUT2D eigenvalue weighted by atomic mass is 79.9. The molecular formula is C17H22Br2O3. The van der Waals surface area contributed by atoms with Crippen LogP contribution < -0.4 is 0 Å². The molecule has 0 spiro atoms. The smallest absolute Gasteiger partial charge is 0.337 e. The first-order valence-electron chi connectivity index (χ1n) is 7.38. The molecule has 2 rings (SSSR count). The van der Waals surface area contributed by atoms with Crippen molar-refractivity contribution in [3.8, 4) is 0 Å². The van der Waals surface area contributed by atoms with E-state index in [9.17, 15) is 4.79 Å². The van der Waals surface area contributed by atoms with Crippen LogP contribution in [-0.2, 0) is 14.3 Å². The number of esters is 1. The highest BCUT2D eigenvalue weighted by molar-refractivity contribution is 9.28. The Morgan fingerprint density at radius 1 is 1.18 bits per heavy atom. The number of halogens is 2. The first-order chi connectivity index (χ1) is 10.2. The number of epoxide rings is 1. The van der Waals surface area contributed by atoms with E-state index in [0.717, 1.165) is 16.2 Å². The van der Waals surface area contributed by atoms with Crippen LogP contribution in [0.2, 0.25) is 0 Å². The molecule has 122 valence electrons. The Labute approximate surface area is 149 Å². The number of hydrogen-bond acceptors (Lipinski definition) is 3. The number of ether oxygens (including phenoxy) is 2. The van der Waals surface area contributed by atoms with Crippen LogP contribution in [0.5, 0.6) is 0 Å². The Morgan fingerprint density at radius 2 is 1.86 bits per heavy atom. The molecule has 0 aromatic heterocycles. The molecule has 1 heterocycles. The Bertz CT molecular complexity index is 558. The van der Waals surface area contributed by atoms with Gasteiger partial charge in [0.2, 0.25) is 0 Å². The molecule has 2 atom stereocenters. The van der Waals surface area contributed by atoms with Crippen molar-refractivity contribution in [1.82, 2.24) is 0 Å². The second-order valence-electron chi connectivity index (χ2n) is 6.71. The Balaban J connectivity index is 2.30. The number of hydrogen-bond donors (Lipinski definition) is 0. The number of allylic oxidation sites excluding steroid dienone is 2. The lowest BCUT2D eigenvalue weighted by molar-refractivity contribution is -0.135. The Kier molecular flexibility index (Phi) is 5.10. The van der Waals surface area contributed by atoms with Gasteiger partial charge in [-0.3, -0.25) is 0 Å².